The first-order valence-electron chi connectivity index (χ1n) is 7.35. The number of carbonyl (C=O) groups excluding carboxylic acids is 1. The molecule has 2 heteroatoms. The fraction of sp³-hybridized carbons (Fsp3) is 0.471. The average molecular weight is 274 g/mol. The van der Waals surface area contributed by atoms with Crippen molar-refractivity contribution in [2.24, 2.45) is 0 Å². The van der Waals surface area contributed by atoms with Gasteiger partial charge in [-0.05, 0) is 18.9 Å². The summed E-state index contributed by atoms with van der Waals surface area (Å²) in [5.74, 6) is 0. The Balaban J connectivity index is 2.50. The molecule has 0 aliphatic heterocycles. The van der Waals surface area contributed by atoms with Crippen LogP contribution in [0.3, 0.4) is 0 Å². The van der Waals surface area contributed by atoms with Crippen LogP contribution >= 0.6 is 0 Å². The topological polar surface area (TPSA) is 17.1 Å². The summed E-state index contributed by atoms with van der Waals surface area (Å²) < 4.78 is 0. The van der Waals surface area contributed by atoms with Gasteiger partial charge < -0.3 is 4.79 Å². The Bertz CT molecular complexity index is 407. The number of rotatable bonds is 8. The molecule has 0 saturated heterocycles. The van der Waals surface area contributed by atoms with Crippen LogP contribution in [0.4, 0.5) is 0 Å². The van der Waals surface area contributed by atoms with E-state index < -0.39 is 8.07 Å². The van der Waals surface area contributed by atoms with Gasteiger partial charge in [0, 0.05) is 0 Å². The average Bonchev–Trinajstić information content (AvgIpc) is 2.43. The zero-order valence-corrected chi connectivity index (χ0v) is 13.5. The number of carbonyl (C=O) groups is 1. The lowest BCUT2D eigenvalue weighted by Crippen LogP contribution is -2.48. The van der Waals surface area contributed by atoms with E-state index in [1.165, 1.54) is 30.9 Å². The predicted molar refractivity (Wildman–Crippen MR) is 86.5 cm³/mol. The molecule has 0 aromatic heterocycles. The highest BCUT2D eigenvalue weighted by molar-refractivity contribution is 7.14. The van der Waals surface area contributed by atoms with Crippen LogP contribution in [0, 0.1) is 0 Å². The highest BCUT2D eigenvalue weighted by atomic mass is 28.3. The molecule has 1 rings (SSSR count). The molecule has 1 aromatic carbocycles. The number of benzene rings is 1. The van der Waals surface area contributed by atoms with Crippen molar-refractivity contribution in [3.63, 3.8) is 0 Å². The van der Waals surface area contributed by atoms with Crippen molar-refractivity contribution >= 4 is 18.7 Å². The van der Waals surface area contributed by atoms with Crippen molar-refractivity contribution in [2.45, 2.75) is 52.1 Å². The van der Waals surface area contributed by atoms with Crippen molar-refractivity contribution in [3.05, 3.63) is 42.5 Å². The van der Waals surface area contributed by atoms with Crippen molar-refractivity contribution in [1.29, 1.82) is 0 Å². The molecule has 0 amide bonds. The first-order valence-corrected chi connectivity index (χ1v) is 10.4. The van der Waals surface area contributed by atoms with Crippen molar-refractivity contribution < 1.29 is 4.79 Å². The van der Waals surface area contributed by atoms with Crippen molar-refractivity contribution in [2.75, 3.05) is 0 Å². The van der Waals surface area contributed by atoms with Gasteiger partial charge in [0.25, 0.3) is 0 Å². The van der Waals surface area contributed by atoms with Crippen LogP contribution in [0.1, 0.15) is 39.0 Å². The van der Waals surface area contributed by atoms with E-state index in [0.717, 1.165) is 6.42 Å². The van der Waals surface area contributed by atoms with E-state index in [4.69, 9.17) is 0 Å². The van der Waals surface area contributed by atoms with E-state index in [2.05, 4.69) is 38.2 Å². The van der Waals surface area contributed by atoms with Gasteiger partial charge in [-0.15, -0.1) is 0 Å². The second kappa shape index (κ2) is 8.11. The lowest BCUT2D eigenvalue weighted by molar-refractivity contribution is -0.108. The Morgan fingerprint density at radius 2 is 1.79 bits per heavy atom. The van der Waals surface area contributed by atoms with Crippen LogP contribution < -0.4 is 5.19 Å². The third kappa shape index (κ3) is 5.15. The van der Waals surface area contributed by atoms with Crippen LogP contribution in [-0.2, 0) is 4.79 Å². The highest BCUT2D eigenvalue weighted by Gasteiger charge is 2.30. The minimum absolute atomic E-state index is 0.328. The highest BCUT2D eigenvalue weighted by Crippen LogP contribution is 2.08. The van der Waals surface area contributed by atoms with E-state index >= 15 is 0 Å². The van der Waals surface area contributed by atoms with Crippen LogP contribution in [0.2, 0.25) is 13.1 Å². The van der Waals surface area contributed by atoms with E-state index in [0.29, 0.717) is 5.41 Å². The molecule has 19 heavy (non-hydrogen) atoms. The predicted octanol–water partition coefficient (Wildman–Crippen LogP) is 4.24. The Labute approximate surface area is 118 Å². The summed E-state index contributed by atoms with van der Waals surface area (Å²) in [6, 6.07) is 10.2. The molecule has 0 N–H and O–H groups in total. The molecule has 0 spiro atoms. The van der Waals surface area contributed by atoms with Gasteiger partial charge in [0.15, 0.2) is 8.07 Å². The molecule has 0 aliphatic rings. The Hall–Kier alpha value is -1.15. The van der Waals surface area contributed by atoms with Gasteiger partial charge >= 0.3 is 0 Å². The monoisotopic (exact) mass is 274 g/mol. The fourth-order valence-electron chi connectivity index (χ4n) is 2.08. The first kappa shape index (κ1) is 15.9. The Kier molecular flexibility index (Phi) is 6.78. The molecule has 0 fully saturated rings. The van der Waals surface area contributed by atoms with Crippen LogP contribution in [0.25, 0.3) is 0 Å². The lowest BCUT2D eigenvalue weighted by atomic mass is 10.1. The second-order valence-electron chi connectivity index (χ2n) is 5.61. The fourth-order valence-corrected chi connectivity index (χ4v) is 3.93. The van der Waals surface area contributed by atoms with Gasteiger partial charge in [-0.3, -0.25) is 0 Å². The normalized spacial score (nSPS) is 11.9. The van der Waals surface area contributed by atoms with Crippen LogP contribution in [0.5, 0.6) is 0 Å². The molecule has 0 saturated carbocycles. The Morgan fingerprint density at radius 1 is 1.11 bits per heavy atom. The smallest absolute Gasteiger partial charge is 0.162 e. The molecular formula is C17H26OSi. The van der Waals surface area contributed by atoms with Crippen molar-refractivity contribution in [3.8, 4) is 0 Å². The summed E-state index contributed by atoms with van der Waals surface area (Å²) in [6.07, 6.45) is 9.95. The van der Waals surface area contributed by atoms with Gasteiger partial charge in [0.1, 0.15) is 5.41 Å². The molecule has 0 atom stereocenters. The number of allylic oxidation sites excluding steroid dienone is 2. The minimum Gasteiger partial charge on any atom is -0.300 e. The Morgan fingerprint density at radius 3 is 2.42 bits per heavy atom. The van der Waals surface area contributed by atoms with Crippen molar-refractivity contribution in [1.82, 2.24) is 0 Å². The third-order valence-electron chi connectivity index (χ3n) is 3.61. The molecule has 0 unspecified atom stereocenters. The second-order valence-corrected chi connectivity index (χ2v) is 9.93. The van der Waals surface area contributed by atoms with Crippen LogP contribution in [0.15, 0.2) is 42.5 Å². The van der Waals surface area contributed by atoms with Gasteiger partial charge in [0.05, 0.1) is 0 Å². The maximum atomic E-state index is 12.3. The molecule has 0 aliphatic carbocycles. The summed E-state index contributed by atoms with van der Waals surface area (Å²) in [5.41, 5.74) is 0. The lowest BCUT2D eigenvalue weighted by Gasteiger charge is -2.19. The molecular weight excluding hydrogens is 248 g/mol. The number of hydrogen-bond acceptors (Lipinski definition) is 1. The summed E-state index contributed by atoms with van der Waals surface area (Å²) in [6.45, 7) is 6.48. The van der Waals surface area contributed by atoms with E-state index in [9.17, 15) is 4.79 Å². The first-order chi connectivity index (χ1) is 9.09. The zero-order valence-electron chi connectivity index (χ0n) is 12.5. The summed E-state index contributed by atoms with van der Waals surface area (Å²) in [4.78, 5) is 12.3. The number of hydrogen-bond donors (Lipinski definition) is 0. The van der Waals surface area contributed by atoms with E-state index in [-0.39, 0.29) is 0 Å². The number of unbranched alkanes of at least 4 members (excludes halogenated alkanes) is 4. The van der Waals surface area contributed by atoms with E-state index in [1.807, 2.05) is 24.3 Å². The van der Waals surface area contributed by atoms with E-state index in [1.54, 1.807) is 0 Å². The molecule has 0 radical (unpaired) electrons. The molecule has 1 nitrogen and oxygen atoms in total. The summed E-state index contributed by atoms with van der Waals surface area (Å²) >= 11 is 0. The van der Waals surface area contributed by atoms with Gasteiger partial charge in [-0.25, -0.2) is 0 Å². The molecule has 0 bridgehead atoms. The summed E-state index contributed by atoms with van der Waals surface area (Å²) in [5, 5.41) is 1.55. The zero-order chi connectivity index (χ0) is 14.1. The summed E-state index contributed by atoms with van der Waals surface area (Å²) in [7, 11) is -1.98. The quantitative estimate of drug-likeness (QED) is 0.394. The maximum Gasteiger partial charge on any atom is 0.162 e. The van der Waals surface area contributed by atoms with Gasteiger partial charge in [-0.1, -0.05) is 80.9 Å². The standard InChI is InChI=1S/C17H26OSi/c1-4-5-6-7-8-12-15-17(18)19(2,3)16-13-10-9-11-14-16/h9-15H,4-8H2,1-3H3. The minimum atomic E-state index is -1.98. The molecule has 1 aromatic rings. The molecule has 104 valence electrons. The largest absolute Gasteiger partial charge is 0.300 e. The van der Waals surface area contributed by atoms with Gasteiger partial charge in [-0.2, -0.15) is 0 Å². The van der Waals surface area contributed by atoms with Gasteiger partial charge in [0.2, 0.25) is 0 Å². The SMILES string of the molecule is CCCCCCC=CC(=O)[Si](C)(C)c1ccccc1. The third-order valence-corrected chi connectivity index (χ3v) is 6.78. The van der Waals surface area contributed by atoms with Crippen LogP contribution in [-0.4, -0.2) is 13.5 Å². The molecule has 0 heterocycles. The maximum absolute atomic E-state index is 12.3.